The van der Waals surface area contributed by atoms with Crippen molar-refractivity contribution in [2.75, 3.05) is 19.6 Å². The van der Waals surface area contributed by atoms with Crippen LogP contribution in [0.15, 0.2) is 0 Å². The van der Waals surface area contributed by atoms with Crippen LogP contribution in [0.4, 0.5) is 9.18 Å². The summed E-state index contributed by atoms with van der Waals surface area (Å²) in [6.45, 7) is 4.19. The Morgan fingerprint density at radius 3 is 2.72 bits per heavy atom. The standard InChI is InChI=1S/C13H23FN2O2/c1-2-3-10(14)11-13(4-7-15-8-5-13)6-9-16(11)12(17)18/h10-11,15H,2-9H2,1H3,(H,17,18). The highest BCUT2D eigenvalue weighted by atomic mass is 19.1. The van der Waals surface area contributed by atoms with Gasteiger partial charge in [-0.3, -0.25) is 0 Å². The molecule has 2 aliphatic rings. The third-order valence-electron chi connectivity index (χ3n) is 4.57. The monoisotopic (exact) mass is 258 g/mol. The highest BCUT2D eigenvalue weighted by Crippen LogP contribution is 2.46. The predicted octanol–water partition coefficient (Wildman–Crippen LogP) is 2.25. The highest BCUT2D eigenvalue weighted by molar-refractivity contribution is 5.66. The van der Waals surface area contributed by atoms with Gasteiger partial charge in [-0.2, -0.15) is 0 Å². The Labute approximate surface area is 108 Å². The first-order chi connectivity index (χ1) is 8.60. The minimum atomic E-state index is -1.02. The molecule has 2 fully saturated rings. The van der Waals surface area contributed by atoms with Crippen molar-refractivity contribution in [1.29, 1.82) is 0 Å². The number of hydrogen-bond donors (Lipinski definition) is 2. The van der Waals surface area contributed by atoms with Crippen molar-refractivity contribution in [3.05, 3.63) is 0 Å². The molecule has 2 atom stereocenters. The maximum absolute atomic E-state index is 14.4. The molecule has 0 bridgehead atoms. The number of carboxylic acid groups (broad SMARTS) is 1. The maximum Gasteiger partial charge on any atom is 0.407 e. The van der Waals surface area contributed by atoms with Crippen molar-refractivity contribution in [1.82, 2.24) is 10.2 Å². The number of rotatable bonds is 3. The molecule has 2 saturated heterocycles. The van der Waals surface area contributed by atoms with E-state index in [4.69, 9.17) is 0 Å². The largest absolute Gasteiger partial charge is 0.465 e. The van der Waals surface area contributed by atoms with Crippen LogP contribution in [0.5, 0.6) is 0 Å². The molecule has 2 N–H and O–H groups in total. The van der Waals surface area contributed by atoms with Crippen LogP contribution >= 0.6 is 0 Å². The Hall–Kier alpha value is -0.840. The van der Waals surface area contributed by atoms with Crippen molar-refractivity contribution in [2.24, 2.45) is 5.41 Å². The molecule has 0 saturated carbocycles. The molecule has 2 heterocycles. The van der Waals surface area contributed by atoms with Crippen LogP contribution in [0.25, 0.3) is 0 Å². The van der Waals surface area contributed by atoms with Crippen LogP contribution < -0.4 is 5.32 Å². The summed E-state index contributed by atoms with van der Waals surface area (Å²) in [6, 6.07) is -0.433. The van der Waals surface area contributed by atoms with E-state index in [-0.39, 0.29) is 5.41 Å². The lowest BCUT2D eigenvalue weighted by Crippen LogP contribution is -2.51. The van der Waals surface area contributed by atoms with Crippen LogP contribution in [0.2, 0.25) is 0 Å². The van der Waals surface area contributed by atoms with E-state index < -0.39 is 18.3 Å². The number of carbonyl (C=O) groups is 1. The number of amides is 1. The molecule has 0 aromatic rings. The number of nitrogens with zero attached hydrogens (tertiary/aromatic N) is 1. The van der Waals surface area contributed by atoms with Crippen molar-refractivity contribution in [3.63, 3.8) is 0 Å². The normalized spacial score (nSPS) is 28.6. The number of likely N-dealkylation sites (tertiary alicyclic amines) is 1. The van der Waals surface area contributed by atoms with Gasteiger partial charge in [-0.05, 0) is 44.2 Å². The topological polar surface area (TPSA) is 52.6 Å². The van der Waals surface area contributed by atoms with Gasteiger partial charge in [0, 0.05) is 6.54 Å². The minimum Gasteiger partial charge on any atom is -0.465 e. The lowest BCUT2D eigenvalue weighted by molar-refractivity contribution is 0.0438. The maximum atomic E-state index is 14.4. The number of nitrogens with one attached hydrogen (secondary N) is 1. The van der Waals surface area contributed by atoms with Gasteiger partial charge in [0.1, 0.15) is 6.17 Å². The molecule has 4 nitrogen and oxygen atoms in total. The fourth-order valence-corrected chi connectivity index (χ4v) is 3.66. The number of piperidine rings is 1. The molecule has 5 heteroatoms. The van der Waals surface area contributed by atoms with E-state index in [1.807, 2.05) is 6.92 Å². The minimum absolute atomic E-state index is 0.127. The van der Waals surface area contributed by atoms with E-state index in [0.29, 0.717) is 13.0 Å². The highest BCUT2D eigenvalue weighted by Gasteiger charge is 2.52. The molecule has 0 aromatic heterocycles. The molecule has 1 amide bonds. The van der Waals surface area contributed by atoms with Gasteiger partial charge in [0.05, 0.1) is 6.04 Å². The van der Waals surface area contributed by atoms with Gasteiger partial charge in [-0.1, -0.05) is 13.3 Å². The zero-order valence-corrected chi connectivity index (χ0v) is 11.0. The first-order valence-corrected chi connectivity index (χ1v) is 6.95. The number of alkyl halides is 1. The second kappa shape index (κ2) is 5.43. The lowest BCUT2D eigenvalue weighted by atomic mass is 9.71. The van der Waals surface area contributed by atoms with Gasteiger partial charge < -0.3 is 15.3 Å². The van der Waals surface area contributed by atoms with E-state index in [9.17, 15) is 14.3 Å². The third kappa shape index (κ3) is 2.32. The Morgan fingerprint density at radius 2 is 2.17 bits per heavy atom. The zero-order valence-electron chi connectivity index (χ0n) is 11.0. The summed E-state index contributed by atoms with van der Waals surface area (Å²) in [5, 5.41) is 12.5. The van der Waals surface area contributed by atoms with E-state index >= 15 is 0 Å². The average Bonchev–Trinajstić information content (AvgIpc) is 2.70. The number of halogens is 1. The van der Waals surface area contributed by atoms with Crippen molar-refractivity contribution in [3.8, 4) is 0 Å². The Bertz CT molecular complexity index is 305. The van der Waals surface area contributed by atoms with Gasteiger partial charge in [-0.25, -0.2) is 9.18 Å². The van der Waals surface area contributed by atoms with Crippen molar-refractivity contribution < 1.29 is 14.3 Å². The average molecular weight is 258 g/mol. The van der Waals surface area contributed by atoms with Gasteiger partial charge >= 0.3 is 6.09 Å². The fourth-order valence-electron chi connectivity index (χ4n) is 3.66. The van der Waals surface area contributed by atoms with Crippen LogP contribution in [0.3, 0.4) is 0 Å². The summed E-state index contributed by atoms with van der Waals surface area (Å²) >= 11 is 0. The van der Waals surface area contributed by atoms with Crippen LogP contribution in [0.1, 0.15) is 39.0 Å². The summed E-state index contributed by atoms with van der Waals surface area (Å²) in [7, 11) is 0. The van der Waals surface area contributed by atoms with Crippen molar-refractivity contribution >= 4 is 6.09 Å². The van der Waals surface area contributed by atoms with E-state index in [0.717, 1.165) is 38.8 Å². The van der Waals surface area contributed by atoms with E-state index in [2.05, 4.69) is 5.32 Å². The summed E-state index contributed by atoms with van der Waals surface area (Å²) in [4.78, 5) is 12.6. The zero-order chi connectivity index (χ0) is 13.2. The van der Waals surface area contributed by atoms with E-state index in [1.165, 1.54) is 4.90 Å². The predicted molar refractivity (Wildman–Crippen MR) is 67.5 cm³/mol. The van der Waals surface area contributed by atoms with E-state index in [1.54, 1.807) is 0 Å². The lowest BCUT2D eigenvalue weighted by Gasteiger charge is -2.42. The van der Waals surface area contributed by atoms with Crippen LogP contribution in [-0.4, -0.2) is 47.9 Å². The smallest absolute Gasteiger partial charge is 0.407 e. The molecule has 0 radical (unpaired) electrons. The van der Waals surface area contributed by atoms with Crippen molar-refractivity contribution in [2.45, 2.75) is 51.2 Å². The molecule has 18 heavy (non-hydrogen) atoms. The molecule has 0 aromatic carbocycles. The molecule has 2 rings (SSSR count). The summed E-state index contributed by atoms with van der Waals surface area (Å²) in [5.41, 5.74) is -0.127. The molecular weight excluding hydrogens is 235 g/mol. The molecule has 2 unspecified atom stereocenters. The van der Waals surface area contributed by atoms with Crippen LogP contribution in [-0.2, 0) is 0 Å². The van der Waals surface area contributed by atoms with Gasteiger partial charge in [0.2, 0.25) is 0 Å². The molecule has 1 spiro atoms. The SMILES string of the molecule is CCCC(F)C1N(C(=O)O)CCC12CCNCC2. The van der Waals surface area contributed by atoms with Crippen LogP contribution in [0, 0.1) is 5.41 Å². The fraction of sp³-hybridized carbons (Fsp3) is 0.923. The Morgan fingerprint density at radius 1 is 1.50 bits per heavy atom. The number of hydrogen-bond acceptors (Lipinski definition) is 2. The molecule has 2 aliphatic heterocycles. The molecule has 0 aliphatic carbocycles. The second-order valence-electron chi connectivity index (χ2n) is 5.59. The third-order valence-corrected chi connectivity index (χ3v) is 4.57. The van der Waals surface area contributed by atoms with Gasteiger partial charge in [0.15, 0.2) is 0 Å². The van der Waals surface area contributed by atoms with Gasteiger partial charge in [0.25, 0.3) is 0 Å². The first-order valence-electron chi connectivity index (χ1n) is 6.95. The summed E-state index contributed by atoms with van der Waals surface area (Å²) in [5.74, 6) is 0. The second-order valence-corrected chi connectivity index (χ2v) is 5.59. The Balaban J connectivity index is 2.20. The van der Waals surface area contributed by atoms with Gasteiger partial charge in [-0.15, -0.1) is 0 Å². The summed E-state index contributed by atoms with van der Waals surface area (Å²) in [6.07, 6.45) is 1.84. The summed E-state index contributed by atoms with van der Waals surface area (Å²) < 4.78 is 14.4. The first kappa shape index (κ1) is 13.6. The quantitative estimate of drug-likeness (QED) is 0.816. The molecule has 104 valence electrons. The Kier molecular flexibility index (Phi) is 4.10. The molecular formula is C13H23FN2O2.